The highest BCUT2D eigenvalue weighted by molar-refractivity contribution is 7.98. The van der Waals surface area contributed by atoms with E-state index in [9.17, 15) is 0 Å². The minimum absolute atomic E-state index is 0.115. The Kier molecular flexibility index (Phi) is 5.36. The first-order chi connectivity index (χ1) is 9.35. The zero-order valence-electron chi connectivity index (χ0n) is 11.3. The van der Waals surface area contributed by atoms with Gasteiger partial charge in [-0.1, -0.05) is 19.1 Å². The molecule has 100 valence electrons. The van der Waals surface area contributed by atoms with Gasteiger partial charge in [-0.2, -0.15) is 0 Å². The highest BCUT2D eigenvalue weighted by Gasteiger charge is 2.14. The summed E-state index contributed by atoms with van der Waals surface area (Å²) >= 11 is 1.75. The van der Waals surface area contributed by atoms with Gasteiger partial charge in [0.2, 0.25) is 0 Å². The predicted octanol–water partition coefficient (Wildman–Crippen LogP) is 3.29. The zero-order valence-corrected chi connectivity index (χ0v) is 12.2. The lowest BCUT2D eigenvalue weighted by Gasteiger charge is -2.18. The van der Waals surface area contributed by atoms with Crippen molar-refractivity contribution in [1.29, 1.82) is 0 Å². The maximum atomic E-state index is 4.42. The van der Waals surface area contributed by atoms with Crippen LogP contribution >= 0.6 is 11.8 Å². The number of rotatable bonds is 6. The smallest absolute Gasteiger partial charge is 0.0801 e. The fraction of sp³-hybridized carbons (Fsp3) is 0.333. The Morgan fingerprint density at radius 1 is 1.21 bits per heavy atom. The van der Waals surface area contributed by atoms with Crippen LogP contribution in [-0.4, -0.2) is 22.8 Å². The summed E-state index contributed by atoms with van der Waals surface area (Å²) in [5, 5.41) is 3.53. The van der Waals surface area contributed by atoms with Crippen LogP contribution in [-0.2, 0) is 0 Å². The molecule has 0 radical (unpaired) electrons. The molecule has 1 aromatic carbocycles. The van der Waals surface area contributed by atoms with Gasteiger partial charge in [-0.15, -0.1) is 11.8 Å². The topological polar surface area (TPSA) is 37.8 Å². The van der Waals surface area contributed by atoms with Crippen LogP contribution in [0.5, 0.6) is 0 Å². The van der Waals surface area contributed by atoms with Crippen molar-refractivity contribution in [2.24, 2.45) is 0 Å². The fourth-order valence-corrected chi connectivity index (χ4v) is 2.35. The monoisotopic (exact) mass is 273 g/mol. The number of aromatic nitrogens is 2. The molecule has 0 aliphatic rings. The van der Waals surface area contributed by atoms with Crippen LogP contribution in [0.1, 0.15) is 30.6 Å². The van der Waals surface area contributed by atoms with Crippen molar-refractivity contribution in [3.8, 4) is 0 Å². The number of thioether (sulfide) groups is 1. The number of hydrogen-bond donors (Lipinski definition) is 1. The van der Waals surface area contributed by atoms with E-state index in [4.69, 9.17) is 0 Å². The van der Waals surface area contributed by atoms with Crippen LogP contribution in [0.2, 0.25) is 0 Å². The minimum Gasteiger partial charge on any atom is -0.305 e. The Bertz CT molecular complexity index is 485. The molecule has 1 unspecified atom stereocenters. The van der Waals surface area contributed by atoms with Crippen molar-refractivity contribution in [2.45, 2.75) is 24.3 Å². The van der Waals surface area contributed by atoms with Crippen LogP contribution in [0.15, 0.2) is 47.8 Å². The normalized spacial score (nSPS) is 12.3. The molecule has 2 rings (SSSR count). The predicted molar refractivity (Wildman–Crippen MR) is 80.4 cm³/mol. The number of nitrogens with zero attached hydrogens (tertiary/aromatic N) is 2. The summed E-state index contributed by atoms with van der Waals surface area (Å²) in [6.07, 6.45) is 8.46. The fourth-order valence-electron chi connectivity index (χ4n) is 1.94. The molecule has 0 amide bonds. The third-order valence-electron chi connectivity index (χ3n) is 2.93. The number of nitrogens with one attached hydrogen (secondary N) is 1. The first-order valence-electron chi connectivity index (χ1n) is 6.48. The van der Waals surface area contributed by atoms with E-state index in [1.54, 1.807) is 24.2 Å². The van der Waals surface area contributed by atoms with E-state index in [1.807, 2.05) is 6.20 Å². The molecule has 0 bridgehead atoms. The van der Waals surface area contributed by atoms with E-state index in [2.05, 4.69) is 52.7 Å². The molecule has 0 aliphatic heterocycles. The second-order valence-electron chi connectivity index (χ2n) is 4.29. The van der Waals surface area contributed by atoms with Crippen molar-refractivity contribution in [1.82, 2.24) is 15.3 Å². The lowest BCUT2D eigenvalue weighted by atomic mass is 10.0. The van der Waals surface area contributed by atoms with Gasteiger partial charge in [-0.3, -0.25) is 9.97 Å². The molecule has 3 nitrogen and oxygen atoms in total. The maximum absolute atomic E-state index is 4.42. The van der Waals surface area contributed by atoms with Gasteiger partial charge in [-0.05, 0) is 36.9 Å². The number of benzene rings is 1. The molecule has 1 aromatic heterocycles. The summed E-state index contributed by atoms with van der Waals surface area (Å²) in [6.45, 7) is 3.13. The largest absolute Gasteiger partial charge is 0.305 e. The second kappa shape index (κ2) is 7.26. The van der Waals surface area contributed by atoms with E-state index in [-0.39, 0.29) is 6.04 Å². The average molecular weight is 273 g/mol. The Hall–Kier alpha value is -1.39. The van der Waals surface area contributed by atoms with Crippen molar-refractivity contribution < 1.29 is 0 Å². The molecule has 4 heteroatoms. The van der Waals surface area contributed by atoms with Gasteiger partial charge in [0, 0.05) is 17.3 Å². The molecule has 2 aromatic rings. The van der Waals surface area contributed by atoms with Crippen molar-refractivity contribution in [2.75, 3.05) is 12.8 Å². The highest BCUT2D eigenvalue weighted by Crippen LogP contribution is 2.22. The third kappa shape index (κ3) is 3.78. The summed E-state index contributed by atoms with van der Waals surface area (Å²) in [5.74, 6) is 0. The Morgan fingerprint density at radius 2 is 2.00 bits per heavy atom. The van der Waals surface area contributed by atoms with Gasteiger partial charge in [0.25, 0.3) is 0 Å². The first kappa shape index (κ1) is 14.0. The van der Waals surface area contributed by atoms with Gasteiger partial charge in [-0.25, -0.2) is 0 Å². The lowest BCUT2D eigenvalue weighted by Crippen LogP contribution is -2.24. The van der Waals surface area contributed by atoms with Gasteiger partial charge in [0.1, 0.15) is 0 Å². The number of hydrogen-bond acceptors (Lipinski definition) is 4. The summed E-state index contributed by atoms with van der Waals surface area (Å²) in [5.41, 5.74) is 2.19. The summed E-state index contributed by atoms with van der Waals surface area (Å²) in [6, 6.07) is 8.74. The summed E-state index contributed by atoms with van der Waals surface area (Å²) in [4.78, 5) is 9.86. The summed E-state index contributed by atoms with van der Waals surface area (Å²) in [7, 11) is 0. The molecule has 1 atom stereocenters. The van der Waals surface area contributed by atoms with Crippen LogP contribution in [0.25, 0.3) is 0 Å². The van der Waals surface area contributed by atoms with E-state index in [1.165, 1.54) is 10.5 Å². The van der Waals surface area contributed by atoms with Gasteiger partial charge in [0.05, 0.1) is 17.9 Å². The maximum Gasteiger partial charge on any atom is 0.0801 e. The molecule has 19 heavy (non-hydrogen) atoms. The first-order valence-corrected chi connectivity index (χ1v) is 7.71. The minimum atomic E-state index is 0.115. The molecule has 1 heterocycles. The Balaban J connectivity index is 2.26. The molecule has 0 spiro atoms. The molecule has 0 saturated carbocycles. The molecule has 1 N–H and O–H groups in total. The quantitative estimate of drug-likeness (QED) is 0.820. The van der Waals surface area contributed by atoms with Crippen molar-refractivity contribution in [3.05, 3.63) is 54.1 Å². The van der Waals surface area contributed by atoms with Crippen molar-refractivity contribution in [3.63, 3.8) is 0 Å². The lowest BCUT2D eigenvalue weighted by molar-refractivity contribution is 0.584. The van der Waals surface area contributed by atoms with Gasteiger partial charge in [0.15, 0.2) is 0 Å². The highest BCUT2D eigenvalue weighted by atomic mass is 32.2. The van der Waals surface area contributed by atoms with E-state index in [0.29, 0.717) is 0 Å². The molecular weight excluding hydrogens is 254 g/mol. The van der Waals surface area contributed by atoms with Crippen LogP contribution < -0.4 is 5.32 Å². The third-order valence-corrected chi connectivity index (χ3v) is 3.67. The Labute approximate surface area is 118 Å². The molecule has 0 aliphatic carbocycles. The zero-order chi connectivity index (χ0) is 13.5. The average Bonchev–Trinajstić information content (AvgIpc) is 2.49. The second-order valence-corrected chi connectivity index (χ2v) is 5.17. The van der Waals surface area contributed by atoms with Crippen LogP contribution in [0, 0.1) is 0 Å². The summed E-state index contributed by atoms with van der Waals surface area (Å²) < 4.78 is 0. The molecular formula is C15H19N3S. The Morgan fingerprint density at radius 3 is 2.58 bits per heavy atom. The SMILES string of the molecule is CCCNC(c1ccc(SC)cc1)c1cnccn1. The van der Waals surface area contributed by atoms with Gasteiger partial charge >= 0.3 is 0 Å². The standard InChI is InChI=1S/C15H19N3S/c1-3-8-18-15(14-11-16-9-10-17-14)12-4-6-13(19-2)7-5-12/h4-7,9-11,15,18H,3,8H2,1-2H3. The molecule has 0 fully saturated rings. The van der Waals surface area contributed by atoms with E-state index < -0.39 is 0 Å². The van der Waals surface area contributed by atoms with E-state index >= 15 is 0 Å². The molecule has 0 saturated heterocycles. The van der Waals surface area contributed by atoms with Gasteiger partial charge < -0.3 is 5.32 Å². The van der Waals surface area contributed by atoms with E-state index in [0.717, 1.165) is 18.7 Å². The van der Waals surface area contributed by atoms with Crippen molar-refractivity contribution >= 4 is 11.8 Å². The van der Waals surface area contributed by atoms with Crippen LogP contribution in [0.4, 0.5) is 0 Å². The van der Waals surface area contributed by atoms with Crippen LogP contribution in [0.3, 0.4) is 0 Å².